The first-order chi connectivity index (χ1) is 8.95. The van der Waals surface area contributed by atoms with E-state index in [4.69, 9.17) is 5.11 Å². The first-order valence-electron chi connectivity index (χ1n) is 6.92. The fraction of sp³-hybridized carbons (Fsp3) is 0.714. The Morgan fingerprint density at radius 2 is 1.79 bits per heavy atom. The molecule has 0 radical (unpaired) electrons. The van der Waals surface area contributed by atoms with Crippen molar-refractivity contribution < 1.29 is 14.7 Å². The zero-order valence-electron chi connectivity index (χ0n) is 11.5. The van der Waals surface area contributed by atoms with Gasteiger partial charge in [0, 0.05) is 13.1 Å². The minimum atomic E-state index is -0.826. The van der Waals surface area contributed by atoms with Gasteiger partial charge in [-0.15, -0.1) is 0 Å². The van der Waals surface area contributed by atoms with Crippen molar-refractivity contribution in [3.63, 3.8) is 0 Å². The maximum absolute atomic E-state index is 12.2. The number of nitrogens with one attached hydrogen (secondary N) is 1. The largest absolute Gasteiger partial charge is 0.481 e. The van der Waals surface area contributed by atoms with Gasteiger partial charge in [0.25, 0.3) is 0 Å². The van der Waals surface area contributed by atoms with Gasteiger partial charge >= 0.3 is 12.0 Å². The smallest absolute Gasteiger partial charge is 0.317 e. The molecule has 0 aromatic carbocycles. The van der Waals surface area contributed by atoms with Crippen molar-refractivity contribution in [1.29, 1.82) is 0 Å². The fourth-order valence-electron chi connectivity index (χ4n) is 3.07. The molecule has 2 amide bonds. The predicted octanol–water partition coefficient (Wildman–Crippen LogP) is 1.70. The third-order valence-corrected chi connectivity index (χ3v) is 3.87. The van der Waals surface area contributed by atoms with Crippen molar-refractivity contribution in [2.24, 2.45) is 17.8 Å². The van der Waals surface area contributed by atoms with Gasteiger partial charge in [-0.1, -0.05) is 26.0 Å². The molecule has 1 fully saturated rings. The summed E-state index contributed by atoms with van der Waals surface area (Å²) in [6.07, 6.45) is 5.07. The van der Waals surface area contributed by atoms with Crippen LogP contribution in [0.3, 0.4) is 0 Å². The number of carboxylic acid groups (broad SMARTS) is 1. The highest BCUT2D eigenvalue weighted by atomic mass is 16.4. The lowest BCUT2D eigenvalue weighted by Gasteiger charge is -2.35. The number of carbonyl (C=O) groups is 2. The van der Waals surface area contributed by atoms with Crippen LogP contribution >= 0.6 is 0 Å². The van der Waals surface area contributed by atoms with E-state index >= 15 is 0 Å². The van der Waals surface area contributed by atoms with Crippen LogP contribution in [0.15, 0.2) is 12.2 Å². The van der Waals surface area contributed by atoms with Crippen molar-refractivity contribution in [3.8, 4) is 0 Å². The highest BCUT2D eigenvalue weighted by Crippen LogP contribution is 2.22. The maximum Gasteiger partial charge on any atom is 0.317 e. The molecule has 1 aliphatic carbocycles. The van der Waals surface area contributed by atoms with E-state index in [1.807, 2.05) is 4.90 Å². The Kier molecular flexibility index (Phi) is 4.12. The molecule has 2 N–H and O–H groups in total. The van der Waals surface area contributed by atoms with Crippen LogP contribution in [0.25, 0.3) is 0 Å². The van der Waals surface area contributed by atoms with Gasteiger partial charge in [-0.2, -0.15) is 0 Å². The van der Waals surface area contributed by atoms with Crippen LogP contribution in [0.5, 0.6) is 0 Å². The summed E-state index contributed by atoms with van der Waals surface area (Å²) in [4.78, 5) is 24.8. The third kappa shape index (κ3) is 3.49. The van der Waals surface area contributed by atoms with Gasteiger partial charge in [0.1, 0.15) is 0 Å². The first-order valence-corrected chi connectivity index (χ1v) is 6.92. The molecule has 1 heterocycles. The Morgan fingerprint density at radius 1 is 1.16 bits per heavy atom. The minimum Gasteiger partial charge on any atom is -0.481 e. The summed E-state index contributed by atoms with van der Waals surface area (Å²) in [5, 5.41) is 11.8. The number of aliphatic carboxylic acids is 1. The molecule has 0 bridgehead atoms. The number of rotatable bonds is 2. The Labute approximate surface area is 113 Å². The minimum absolute atomic E-state index is 0.0703. The van der Waals surface area contributed by atoms with Gasteiger partial charge in [0.15, 0.2) is 0 Å². The molecule has 5 nitrogen and oxygen atoms in total. The number of urea groups is 1. The number of nitrogens with zero attached hydrogens (tertiary/aromatic N) is 1. The van der Waals surface area contributed by atoms with E-state index in [2.05, 4.69) is 19.2 Å². The first kappa shape index (κ1) is 13.9. The SMILES string of the molecule is CC1CC(C)CN(C(=O)NC2C=CC(C(=O)O)C2)C1. The molecule has 2 rings (SSSR count). The van der Waals surface area contributed by atoms with E-state index in [-0.39, 0.29) is 12.1 Å². The van der Waals surface area contributed by atoms with E-state index in [0.717, 1.165) is 19.5 Å². The Balaban J connectivity index is 1.85. The quantitative estimate of drug-likeness (QED) is 0.747. The summed E-state index contributed by atoms with van der Waals surface area (Å²) < 4.78 is 0. The van der Waals surface area contributed by atoms with E-state index in [1.54, 1.807) is 12.2 Å². The average Bonchev–Trinajstić information content (AvgIpc) is 2.76. The van der Waals surface area contributed by atoms with Gasteiger partial charge in [-0.05, 0) is 24.7 Å². The molecule has 4 unspecified atom stereocenters. The van der Waals surface area contributed by atoms with Gasteiger partial charge in [0.05, 0.1) is 12.0 Å². The number of carboxylic acids is 1. The highest BCUT2D eigenvalue weighted by molar-refractivity contribution is 5.76. The molecule has 1 saturated heterocycles. The summed E-state index contributed by atoms with van der Waals surface area (Å²) in [7, 11) is 0. The average molecular weight is 266 g/mol. The second kappa shape index (κ2) is 5.63. The van der Waals surface area contributed by atoms with Crippen molar-refractivity contribution in [2.75, 3.05) is 13.1 Å². The molecule has 5 heteroatoms. The standard InChI is InChI=1S/C14H22N2O3/c1-9-5-10(2)8-16(7-9)14(19)15-12-4-3-11(6-12)13(17)18/h3-4,9-12H,5-8H2,1-2H3,(H,15,19)(H,17,18). The molecule has 0 saturated carbocycles. The van der Waals surface area contributed by atoms with Crippen molar-refractivity contribution in [3.05, 3.63) is 12.2 Å². The number of amides is 2. The lowest BCUT2D eigenvalue weighted by Crippen LogP contribution is -2.49. The highest BCUT2D eigenvalue weighted by Gasteiger charge is 2.29. The molecule has 2 aliphatic rings. The summed E-state index contributed by atoms with van der Waals surface area (Å²) in [6.45, 7) is 5.89. The topological polar surface area (TPSA) is 69.6 Å². The van der Waals surface area contributed by atoms with Crippen molar-refractivity contribution >= 4 is 12.0 Å². The van der Waals surface area contributed by atoms with Crippen LogP contribution in [-0.2, 0) is 4.79 Å². The third-order valence-electron chi connectivity index (χ3n) is 3.87. The number of piperidine rings is 1. The van der Waals surface area contributed by atoms with E-state index in [9.17, 15) is 9.59 Å². The van der Waals surface area contributed by atoms with Gasteiger partial charge in [-0.25, -0.2) is 4.79 Å². The molecule has 4 atom stereocenters. The Bertz CT molecular complexity index is 384. The molecular formula is C14H22N2O3. The number of hydrogen-bond acceptors (Lipinski definition) is 2. The van der Waals surface area contributed by atoms with Crippen molar-refractivity contribution in [1.82, 2.24) is 10.2 Å². The van der Waals surface area contributed by atoms with Crippen LogP contribution in [0.2, 0.25) is 0 Å². The predicted molar refractivity (Wildman–Crippen MR) is 71.7 cm³/mol. The molecule has 19 heavy (non-hydrogen) atoms. The second-order valence-electron chi connectivity index (χ2n) is 5.97. The monoisotopic (exact) mass is 266 g/mol. The lowest BCUT2D eigenvalue weighted by atomic mass is 9.92. The fourth-order valence-corrected chi connectivity index (χ4v) is 3.07. The summed E-state index contributed by atoms with van der Waals surface area (Å²) >= 11 is 0. The zero-order chi connectivity index (χ0) is 14.0. The van der Waals surface area contributed by atoms with Crippen LogP contribution < -0.4 is 5.32 Å². The Morgan fingerprint density at radius 3 is 2.32 bits per heavy atom. The summed E-state index contributed by atoms with van der Waals surface area (Å²) in [5.41, 5.74) is 0. The second-order valence-corrected chi connectivity index (χ2v) is 5.97. The van der Waals surface area contributed by atoms with Gasteiger partial charge < -0.3 is 15.3 Å². The van der Waals surface area contributed by atoms with Crippen LogP contribution in [0, 0.1) is 17.8 Å². The molecule has 0 spiro atoms. The molecule has 1 aliphatic heterocycles. The summed E-state index contributed by atoms with van der Waals surface area (Å²) in [6, 6.07) is -0.222. The number of carbonyl (C=O) groups excluding carboxylic acids is 1. The van der Waals surface area contributed by atoms with Crippen LogP contribution in [0.1, 0.15) is 26.7 Å². The normalized spacial score (nSPS) is 34.3. The molecule has 106 valence electrons. The van der Waals surface area contributed by atoms with Crippen LogP contribution in [-0.4, -0.2) is 41.1 Å². The van der Waals surface area contributed by atoms with E-state index in [0.29, 0.717) is 18.3 Å². The van der Waals surface area contributed by atoms with Crippen molar-refractivity contribution in [2.45, 2.75) is 32.7 Å². The van der Waals surface area contributed by atoms with E-state index in [1.165, 1.54) is 0 Å². The van der Waals surface area contributed by atoms with Crippen LogP contribution in [0.4, 0.5) is 4.79 Å². The Hall–Kier alpha value is -1.52. The molecular weight excluding hydrogens is 244 g/mol. The molecule has 0 aromatic heterocycles. The number of hydrogen-bond donors (Lipinski definition) is 2. The maximum atomic E-state index is 12.2. The van der Waals surface area contributed by atoms with E-state index < -0.39 is 11.9 Å². The number of likely N-dealkylation sites (tertiary alicyclic amines) is 1. The zero-order valence-corrected chi connectivity index (χ0v) is 11.5. The summed E-state index contributed by atoms with van der Waals surface area (Å²) in [5.74, 6) is -0.238. The lowest BCUT2D eigenvalue weighted by molar-refractivity contribution is -0.140. The van der Waals surface area contributed by atoms with Gasteiger partial charge in [0.2, 0.25) is 0 Å². The van der Waals surface area contributed by atoms with Gasteiger partial charge in [-0.3, -0.25) is 4.79 Å². The molecule has 0 aromatic rings.